The molecule has 1 atom stereocenters. The molecule has 8 nitrogen and oxygen atoms in total. The monoisotopic (exact) mass is 441 g/mol. The number of carbonyl (C=O) groups is 2. The summed E-state index contributed by atoms with van der Waals surface area (Å²) < 4.78 is 31.8. The molecule has 1 aliphatic rings. The van der Waals surface area contributed by atoms with E-state index in [9.17, 15) is 18.0 Å². The van der Waals surface area contributed by atoms with Crippen molar-refractivity contribution < 1.29 is 22.7 Å². The molecule has 11 heteroatoms. The molecule has 2 N–H and O–H groups in total. The van der Waals surface area contributed by atoms with Crippen LogP contribution >= 0.6 is 23.1 Å². The summed E-state index contributed by atoms with van der Waals surface area (Å²) in [5.74, 6) is 0.694. The van der Waals surface area contributed by atoms with Gasteiger partial charge in [0.25, 0.3) is 10.0 Å². The molecule has 0 bridgehead atoms. The Hall–Kier alpha value is -2.08. The number of nitrogens with zero attached hydrogens (tertiary/aromatic N) is 1. The Balaban J connectivity index is 1.59. The standard InChI is InChI=1S/C17H19N3O5S3/c1-25-13-6-4-12(5-7-13)19-17(22)14-10-26-11-20(14)15(21)9-18-28(23,24)16-3-2-8-27-16/h2-8,14,18H,9-11H2,1H3,(H,19,22). The summed E-state index contributed by atoms with van der Waals surface area (Å²) in [5.41, 5.74) is 0.591. The van der Waals surface area contributed by atoms with Gasteiger partial charge in [0, 0.05) is 11.4 Å². The van der Waals surface area contributed by atoms with Gasteiger partial charge < -0.3 is 15.0 Å². The van der Waals surface area contributed by atoms with E-state index in [1.807, 2.05) is 0 Å². The fourth-order valence-electron chi connectivity index (χ4n) is 2.55. The SMILES string of the molecule is COc1ccc(NC(=O)C2CSCN2C(=O)CNS(=O)(=O)c2cccs2)cc1. The quantitative estimate of drug-likeness (QED) is 0.676. The first-order chi connectivity index (χ1) is 13.4. The molecule has 1 aliphatic heterocycles. The molecule has 1 aromatic heterocycles. The summed E-state index contributed by atoms with van der Waals surface area (Å²) in [6.45, 7) is -0.396. The topological polar surface area (TPSA) is 105 Å². The van der Waals surface area contributed by atoms with Crippen molar-refractivity contribution in [2.24, 2.45) is 0 Å². The van der Waals surface area contributed by atoms with Crippen LogP contribution in [0, 0.1) is 0 Å². The number of thioether (sulfide) groups is 1. The summed E-state index contributed by atoms with van der Waals surface area (Å²) in [6.07, 6.45) is 0. The molecule has 0 aliphatic carbocycles. The van der Waals surface area contributed by atoms with Gasteiger partial charge in [-0.05, 0) is 35.7 Å². The third kappa shape index (κ3) is 4.85. The van der Waals surface area contributed by atoms with Crippen LogP contribution in [0.5, 0.6) is 5.75 Å². The highest BCUT2D eigenvalue weighted by Gasteiger charge is 2.35. The molecule has 2 heterocycles. The third-order valence-electron chi connectivity index (χ3n) is 4.04. The van der Waals surface area contributed by atoms with Crippen LogP contribution in [0.3, 0.4) is 0 Å². The minimum Gasteiger partial charge on any atom is -0.497 e. The highest BCUT2D eigenvalue weighted by atomic mass is 32.2. The van der Waals surface area contributed by atoms with Crippen molar-refractivity contribution in [2.45, 2.75) is 10.3 Å². The number of nitrogens with one attached hydrogen (secondary N) is 2. The molecule has 3 rings (SSSR count). The molecular formula is C17H19N3O5S3. The zero-order valence-corrected chi connectivity index (χ0v) is 17.4. The predicted octanol–water partition coefficient (Wildman–Crippen LogP) is 1.58. The molecule has 150 valence electrons. The average Bonchev–Trinajstić information content (AvgIpc) is 3.39. The molecule has 1 aromatic carbocycles. The summed E-state index contributed by atoms with van der Waals surface area (Å²) in [4.78, 5) is 26.5. The fraction of sp³-hybridized carbons (Fsp3) is 0.294. The van der Waals surface area contributed by atoms with Gasteiger partial charge in [0.2, 0.25) is 11.8 Å². The van der Waals surface area contributed by atoms with Gasteiger partial charge in [-0.3, -0.25) is 9.59 Å². The van der Waals surface area contributed by atoms with E-state index >= 15 is 0 Å². The van der Waals surface area contributed by atoms with E-state index in [4.69, 9.17) is 4.74 Å². The molecule has 0 spiro atoms. The highest BCUT2D eigenvalue weighted by molar-refractivity contribution is 7.99. The average molecular weight is 442 g/mol. The normalized spacial score (nSPS) is 16.8. The second-order valence-electron chi connectivity index (χ2n) is 5.85. The number of thiophene rings is 1. The largest absolute Gasteiger partial charge is 0.497 e. The lowest BCUT2D eigenvalue weighted by atomic mass is 10.2. The van der Waals surface area contributed by atoms with Crippen molar-refractivity contribution in [3.05, 3.63) is 41.8 Å². The maximum absolute atomic E-state index is 12.6. The number of ether oxygens (including phenoxy) is 1. The predicted molar refractivity (Wildman–Crippen MR) is 109 cm³/mol. The van der Waals surface area contributed by atoms with Gasteiger partial charge in [-0.1, -0.05) is 6.07 Å². The lowest BCUT2D eigenvalue weighted by Gasteiger charge is -2.23. The first-order valence-electron chi connectivity index (χ1n) is 8.26. The number of methoxy groups -OCH3 is 1. The van der Waals surface area contributed by atoms with Gasteiger partial charge in [-0.25, -0.2) is 13.1 Å². The Morgan fingerprint density at radius 1 is 1.25 bits per heavy atom. The molecule has 1 saturated heterocycles. The Kier molecular flexibility index (Phi) is 6.60. The molecule has 28 heavy (non-hydrogen) atoms. The smallest absolute Gasteiger partial charge is 0.250 e. The van der Waals surface area contributed by atoms with Crippen molar-refractivity contribution in [1.29, 1.82) is 0 Å². The van der Waals surface area contributed by atoms with E-state index in [0.29, 0.717) is 23.1 Å². The number of rotatable bonds is 7. The van der Waals surface area contributed by atoms with E-state index in [0.717, 1.165) is 11.3 Å². The van der Waals surface area contributed by atoms with Crippen molar-refractivity contribution >= 4 is 50.6 Å². The number of sulfonamides is 1. The van der Waals surface area contributed by atoms with Gasteiger partial charge in [0.1, 0.15) is 16.0 Å². The zero-order chi connectivity index (χ0) is 20.1. The van der Waals surface area contributed by atoms with Crippen LogP contribution in [-0.4, -0.2) is 56.5 Å². The Morgan fingerprint density at radius 2 is 2.00 bits per heavy atom. The highest BCUT2D eigenvalue weighted by Crippen LogP contribution is 2.23. The molecule has 1 unspecified atom stereocenters. The van der Waals surface area contributed by atoms with E-state index in [-0.39, 0.29) is 10.1 Å². The van der Waals surface area contributed by atoms with Gasteiger partial charge >= 0.3 is 0 Å². The minimum atomic E-state index is -3.73. The van der Waals surface area contributed by atoms with Crippen molar-refractivity contribution in [3.63, 3.8) is 0 Å². The molecule has 0 saturated carbocycles. The van der Waals surface area contributed by atoms with E-state index in [1.54, 1.807) is 42.8 Å². The number of carbonyl (C=O) groups excluding carboxylic acids is 2. The molecule has 1 fully saturated rings. The Bertz CT molecular complexity index is 929. The van der Waals surface area contributed by atoms with Gasteiger partial charge in [0.15, 0.2) is 0 Å². The van der Waals surface area contributed by atoms with E-state index in [1.165, 1.54) is 22.7 Å². The van der Waals surface area contributed by atoms with E-state index < -0.39 is 28.5 Å². The lowest BCUT2D eigenvalue weighted by Crippen LogP contribution is -2.48. The summed E-state index contributed by atoms with van der Waals surface area (Å²) >= 11 is 2.51. The van der Waals surface area contributed by atoms with Gasteiger partial charge in [-0.2, -0.15) is 0 Å². The summed E-state index contributed by atoms with van der Waals surface area (Å²) in [5, 5.41) is 4.42. The first kappa shape index (κ1) is 20.6. The van der Waals surface area contributed by atoms with Crippen LogP contribution in [0.25, 0.3) is 0 Å². The molecular weight excluding hydrogens is 422 g/mol. The van der Waals surface area contributed by atoms with Crippen LogP contribution in [0.15, 0.2) is 46.0 Å². The van der Waals surface area contributed by atoms with E-state index in [2.05, 4.69) is 10.0 Å². The number of benzene rings is 1. The minimum absolute atomic E-state index is 0.143. The number of anilines is 1. The Morgan fingerprint density at radius 3 is 2.64 bits per heavy atom. The fourth-order valence-corrected chi connectivity index (χ4v) is 5.74. The van der Waals surface area contributed by atoms with Crippen LogP contribution in [-0.2, 0) is 19.6 Å². The third-order valence-corrected chi connectivity index (χ3v) is 7.85. The zero-order valence-electron chi connectivity index (χ0n) is 15.0. The number of hydrogen-bond acceptors (Lipinski definition) is 7. The van der Waals surface area contributed by atoms with Gasteiger partial charge in [0.05, 0.1) is 19.5 Å². The molecule has 2 aromatic rings. The van der Waals surface area contributed by atoms with Crippen molar-refractivity contribution in [1.82, 2.24) is 9.62 Å². The van der Waals surface area contributed by atoms with Crippen molar-refractivity contribution in [2.75, 3.05) is 30.6 Å². The first-order valence-corrected chi connectivity index (χ1v) is 11.8. The van der Waals surface area contributed by atoms with Crippen LogP contribution in [0.2, 0.25) is 0 Å². The van der Waals surface area contributed by atoms with Crippen LogP contribution < -0.4 is 14.8 Å². The van der Waals surface area contributed by atoms with Crippen LogP contribution in [0.1, 0.15) is 0 Å². The maximum Gasteiger partial charge on any atom is 0.250 e. The summed E-state index contributed by atoms with van der Waals surface area (Å²) in [7, 11) is -2.18. The Labute approximate surface area is 171 Å². The van der Waals surface area contributed by atoms with Crippen molar-refractivity contribution in [3.8, 4) is 5.75 Å². The second kappa shape index (κ2) is 8.95. The number of amides is 2. The second-order valence-corrected chi connectivity index (χ2v) is 9.79. The maximum atomic E-state index is 12.6. The number of hydrogen-bond donors (Lipinski definition) is 2. The molecule has 0 radical (unpaired) electrons. The molecule has 2 amide bonds. The van der Waals surface area contributed by atoms with Gasteiger partial charge in [-0.15, -0.1) is 23.1 Å². The van der Waals surface area contributed by atoms with Crippen LogP contribution in [0.4, 0.5) is 5.69 Å². The lowest BCUT2D eigenvalue weighted by molar-refractivity contribution is -0.135. The summed E-state index contributed by atoms with van der Waals surface area (Å²) in [6, 6.07) is 9.29.